The van der Waals surface area contributed by atoms with Gasteiger partial charge in [-0.25, -0.2) is 0 Å². The maximum atomic E-state index is 6.11. The Kier molecular flexibility index (Phi) is 10.1. The molecule has 3 rings (SSSR count). The molecule has 1 aromatic heterocycles. The van der Waals surface area contributed by atoms with Crippen LogP contribution in [0.3, 0.4) is 0 Å². The van der Waals surface area contributed by atoms with Crippen LogP contribution in [0.5, 0.6) is 0 Å². The molecule has 162 valence electrons. The van der Waals surface area contributed by atoms with Gasteiger partial charge in [0.2, 0.25) is 0 Å². The van der Waals surface area contributed by atoms with Gasteiger partial charge in [-0.15, -0.1) is 0 Å². The van der Waals surface area contributed by atoms with Crippen LogP contribution in [-0.4, -0.2) is 0 Å². The van der Waals surface area contributed by atoms with E-state index >= 15 is 0 Å². The topological polar surface area (TPSA) is 13.1 Å². The standard InChI is InChI=1S/C29H40O/c1-2-3-4-5-6-7-8-9-10-11-12-13-15-18-25-21-22-27-24-29(30-28(27)23-25)26-19-16-14-17-20-26/h14,16-17,19-24H,2-13,15,18H2,1H3. The van der Waals surface area contributed by atoms with Gasteiger partial charge < -0.3 is 4.42 Å². The molecule has 0 aliphatic heterocycles. The summed E-state index contributed by atoms with van der Waals surface area (Å²) in [6.07, 6.45) is 19.5. The molecule has 3 aromatic rings. The fourth-order valence-corrected chi connectivity index (χ4v) is 4.32. The van der Waals surface area contributed by atoms with Crippen LogP contribution in [0, 0.1) is 0 Å². The second-order valence-electron chi connectivity index (χ2n) is 8.84. The zero-order chi connectivity index (χ0) is 20.9. The highest BCUT2D eigenvalue weighted by Crippen LogP contribution is 2.28. The van der Waals surface area contributed by atoms with Gasteiger partial charge in [-0.2, -0.15) is 0 Å². The molecule has 0 aliphatic rings. The smallest absolute Gasteiger partial charge is 0.135 e. The number of rotatable bonds is 15. The van der Waals surface area contributed by atoms with Crippen LogP contribution >= 0.6 is 0 Å². The molecule has 0 radical (unpaired) electrons. The van der Waals surface area contributed by atoms with E-state index in [0.717, 1.165) is 23.3 Å². The first-order valence-corrected chi connectivity index (χ1v) is 12.4. The van der Waals surface area contributed by atoms with E-state index in [9.17, 15) is 0 Å². The summed E-state index contributed by atoms with van der Waals surface area (Å²) >= 11 is 0. The minimum atomic E-state index is 0.962. The quantitative estimate of drug-likeness (QED) is 0.230. The number of furan rings is 1. The Morgan fingerprint density at radius 3 is 1.83 bits per heavy atom. The first-order valence-electron chi connectivity index (χ1n) is 12.4. The zero-order valence-corrected chi connectivity index (χ0v) is 19.0. The van der Waals surface area contributed by atoms with Gasteiger partial charge >= 0.3 is 0 Å². The molecular formula is C29H40O. The van der Waals surface area contributed by atoms with E-state index in [0.29, 0.717) is 0 Å². The van der Waals surface area contributed by atoms with E-state index in [4.69, 9.17) is 4.42 Å². The Morgan fingerprint density at radius 2 is 1.20 bits per heavy atom. The number of fused-ring (bicyclic) bond motifs is 1. The van der Waals surface area contributed by atoms with Crippen molar-refractivity contribution in [2.45, 2.75) is 96.8 Å². The van der Waals surface area contributed by atoms with Gasteiger partial charge in [0.1, 0.15) is 11.3 Å². The molecule has 0 atom stereocenters. The van der Waals surface area contributed by atoms with Crippen molar-refractivity contribution in [1.82, 2.24) is 0 Å². The average Bonchev–Trinajstić information content (AvgIpc) is 3.21. The lowest BCUT2D eigenvalue weighted by Crippen LogP contribution is -1.86. The van der Waals surface area contributed by atoms with E-state index < -0.39 is 0 Å². The number of unbranched alkanes of at least 4 members (excludes halogenated alkanes) is 12. The van der Waals surface area contributed by atoms with E-state index in [2.05, 4.69) is 55.5 Å². The summed E-state index contributed by atoms with van der Waals surface area (Å²) in [7, 11) is 0. The minimum absolute atomic E-state index is 0.962. The Labute approximate surface area is 183 Å². The highest BCUT2D eigenvalue weighted by Gasteiger charge is 2.06. The van der Waals surface area contributed by atoms with Crippen molar-refractivity contribution in [3.63, 3.8) is 0 Å². The number of aryl methyl sites for hydroxylation is 1. The maximum absolute atomic E-state index is 6.11. The van der Waals surface area contributed by atoms with Crippen molar-refractivity contribution in [2.24, 2.45) is 0 Å². The second kappa shape index (κ2) is 13.3. The third kappa shape index (κ3) is 7.67. The van der Waals surface area contributed by atoms with Crippen LogP contribution < -0.4 is 0 Å². The molecule has 30 heavy (non-hydrogen) atoms. The van der Waals surface area contributed by atoms with E-state index in [1.54, 1.807) is 0 Å². The van der Waals surface area contributed by atoms with E-state index in [-0.39, 0.29) is 0 Å². The van der Waals surface area contributed by atoms with Gasteiger partial charge in [0.25, 0.3) is 0 Å². The molecule has 0 saturated heterocycles. The summed E-state index contributed by atoms with van der Waals surface area (Å²) in [6.45, 7) is 2.29. The Bertz CT molecular complexity index is 830. The summed E-state index contributed by atoms with van der Waals surface area (Å²) < 4.78 is 6.11. The predicted molar refractivity (Wildman–Crippen MR) is 131 cm³/mol. The van der Waals surface area contributed by atoms with Crippen LogP contribution in [0.2, 0.25) is 0 Å². The van der Waals surface area contributed by atoms with Gasteiger partial charge in [0.15, 0.2) is 0 Å². The molecule has 1 heterocycles. The van der Waals surface area contributed by atoms with Gasteiger partial charge in [-0.1, -0.05) is 126 Å². The van der Waals surface area contributed by atoms with Gasteiger partial charge in [0, 0.05) is 10.9 Å². The molecule has 1 nitrogen and oxygen atoms in total. The molecule has 0 N–H and O–H groups in total. The summed E-state index contributed by atoms with van der Waals surface area (Å²) in [6, 6.07) is 19.2. The van der Waals surface area contributed by atoms with E-state index in [1.807, 2.05) is 6.07 Å². The monoisotopic (exact) mass is 404 g/mol. The van der Waals surface area contributed by atoms with Crippen LogP contribution in [0.15, 0.2) is 59.0 Å². The third-order valence-electron chi connectivity index (χ3n) is 6.21. The number of hydrogen-bond acceptors (Lipinski definition) is 1. The van der Waals surface area contributed by atoms with Crippen molar-refractivity contribution >= 4 is 11.0 Å². The first kappa shape index (κ1) is 22.7. The van der Waals surface area contributed by atoms with Crippen molar-refractivity contribution in [1.29, 1.82) is 0 Å². The average molecular weight is 405 g/mol. The lowest BCUT2D eigenvalue weighted by molar-refractivity contribution is 0.539. The van der Waals surface area contributed by atoms with Crippen LogP contribution in [-0.2, 0) is 6.42 Å². The van der Waals surface area contributed by atoms with Crippen molar-refractivity contribution in [3.8, 4) is 11.3 Å². The van der Waals surface area contributed by atoms with Crippen LogP contribution in [0.1, 0.15) is 96.0 Å². The molecule has 0 amide bonds. The summed E-state index contributed by atoms with van der Waals surface area (Å²) in [4.78, 5) is 0. The molecule has 0 fully saturated rings. The van der Waals surface area contributed by atoms with Crippen LogP contribution in [0.25, 0.3) is 22.3 Å². The number of hydrogen-bond donors (Lipinski definition) is 0. The molecular weight excluding hydrogens is 364 g/mol. The SMILES string of the molecule is CCCCCCCCCCCCCCCc1ccc2cc(-c3ccccc3)oc2c1. The Hall–Kier alpha value is -2.02. The molecule has 0 bridgehead atoms. The Balaban J connectivity index is 1.27. The lowest BCUT2D eigenvalue weighted by atomic mass is 10.0. The molecule has 0 unspecified atom stereocenters. The molecule has 2 aromatic carbocycles. The van der Waals surface area contributed by atoms with Crippen LogP contribution in [0.4, 0.5) is 0 Å². The first-order chi connectivity index (χ1) is 14.9. The summed E-state index contributed by atoms with van der Waals surface area (Å²) in [5, 5.41) is 1.20. The summed E-state index contributed by atoms with van der Waals surface area (Å²) in [5.74, 6) is 0.962. The molecule has 0 spiro atoms. The lowest BCUT2D eigenvalue weighted by Gasteiger charge is -2.04. The fraction of sp³-hybridized carbons (Fsp3) is 0.517. The molecule has 0 saturated carbocycles. The highest BCUT2D eigenvalue weighted by atomic mass is 16.3. The maximum Gasteiger partial charge on any atom is 0.135 e. The van der Waals surface area contributed by atoms with Gasteiger partial charge in [0.05, 0.1) is 0 Å². The zero-order valence-electron chi connectivity index (χ0n) is 19.0. The van der Waals surface area contributed by atoms with Gasteiger partial charge in [-0.05, 0) is 30.5 Å². The third-order valence-corrected chi connectivity index (χ3v) is 6.21. The normalized spacial score (nSPS) is 11.4. The largest absolute Gasteiger partial charge is 0.456 e. The predicted octanol–water partition coefficient (Wildman–Crippen LogP) is 9.73. The second-order valence-corrected chi connectivity index (χ2v) is 8.84. The van der Waals surface area contributed by atoms with Crippen molar-refractivity contribution in [2.75, 3.05) is 0 Å². The Morgan fingerprint density at radius 1 is 0.600 bits per heavy atom. The highest BCUT2D eigenvalue weighted by molar-refractivity contribution is 5.83. The van der Waals surface area contributed by atoms with Gasteiger partial charge in [-0.3, -0.25) is 0 Å². The molecule has 0 aliphatic carbocycles. The molecule has 1 heteroatoms. The number of benzene rings is 2. The van der Waals surface area contributed by atoms with Crippen molar-refractivity contribution in [3.05, 3.63) is 60.2 Å². The summed E-state index contributed by atoms with van der Waals surface area (Å²) in [5.41, 5.74) is 3.56. The minimum Gasteiger partial charge on any atom is -0.456 e. The van der Waals surface area contributed by atoms with E-state index in [1.165, 1.54) is 94.4 Å². The fourth-order valence-electron chi connectivity index (χ4n) is 4.32. The van der Waals surface area contributed by atoms with Crippen molar-refractivity contribution < 1.29 is 4.42 Å².